The molecule has 3 atom stereocenters. The molecule has 11 heavy (non-hydrogen) atoms. The van der Waals surface area contributed by atoms with Crippen molar-refractivity contribution in [1.29, 1.82) is 0 Å². The molecule has 0 amide bonds. The minimum absolute atomic E-state index is 0.311. The van der Waals surface area contributed by atoms with Crippen LogP contribution in [-0.2, 0) is 4.74 Å². The lowest BCUT2D eigenvalue weighted by atomic mass is 9.78. The molecule has 0 aromatic carbocycles. The normalized spacial score (nSPS) is 49.1. The van der Waals surface area contributed by atoms with Crippen LogP contribution in [0.1, 0.15) is 40.0 Å². The summed E-state index contributed by atoms with van der Waals surface area (Å²) in [6.07, 6.45) is 4.60. The Kier molecular flexibility index (Phi) is 1.54. The predicted molar refractivity (Wildman–Crippen MR) is 45.5 cm³/mol. The van der Waals surface area contributed by atoms with Gasteiger partial charge in [0.2, 0.25) is 0 Å². The summed E-state index contributed by atoms with van der Waals surface area (Å²) >= 11 is 0. The summed E-state index contributed by atoms with van der Waals surface area (Å²) in [6.45, 7) is 6.92. The van der Waals surface area contributed by atoms with Gasteiger partial charge in [-0.3, -0.25) is 0 Å². The second-order valence-electron chi connectivity index (χ2n) is 4.70. The van der Waals surface area contributed by atoms with Crippen molar-refractivity contribution in [1.82, 2.24) is 0 Å². The summed E-state index contributed by atoms with van der Waals surface area (Å²) in [5, 5.41) is 0. The molecule has 1 saturated heterocycles. The standard InChI is InChI=1S/C10H18O/c1-7(2)8-4-5-10(3)9(6-8)11-10/h7-9H,4-6H2,1-3H3/t8-,9?,10-/m1/s1. The third-order valence-electron chi connectivity index (χ3n) is 3.51. The maximum absolute atomic E-state index is 5.65. The van der Waals surface area contributed by atoms with Crippen molar-refractivity contribution >= 4 is 0 Å². The van der Waals surface area contributed by atoms with Crippen molar-refractivity contribution in [2.45, 2.75) is 51.7 Å². The van der Waals surface area contributed by atoms with Gasteiger partial charge in [-0.05, 0) is 38.0 Å². The lowest BCUT2D eigenvalue weighted by Crippen LogP contribution is -2.24. The van der Waals surface area contributed by atoms with Crippen LogP contribution in [0.25, 0.3) is 0 Å². The number of hydrogen-bond donors (Lipinski definition) is 0. The van der Waals surface area contributed by atoms with Crippen LogP contribution in [-0.4, -0.2) is 11.7 Å². The molecule has 0 radical (unpaired) electrons. The Morgan fingerprint density at radius 3 is 2.73 bits per heavy atom. The van der Waals surface area contributed by atoms with Gasteiger partial charge in [-0.25, -0.2) is 0 Å². The molecular weight excluding hydrogens is 136 g/mol. The molecule has 2 fully saturated rings. The molecule has 1 heterocycles. The van der Waals surface area contributed by atoms with Gasteiger partial charge in [-0.15, -0.1) is 0 Å². The second-order valence-corrected chi connectivity index (χ2v) is 4.70. The van der Waals surface area contributed by atoms with Gasteiger partial charge in [0.15, 0.2) is 0 Å². The minimum Gasteiger partial charge on any atom is -0.366 e. The predicted octanol–water partition coefficient (Wildman–Crippen LogP) is 2.60. The van der Waals surface area contributed by atoms with Crippen molar-refractivity contribution in [2.24, 2.45) is 11.8 Å². The molecule has 1 aliphatic heterocycles. The van der Waals surface area contributed by atoms with Gasteiger partial charge in [0.1, 0.15) is 0 Å². The maximum Gasteiger partial charge on any atom is 0.0920 e. The van der Waals surface area contributed by atoms with Crippen LogP contribution in [0.2, 0.25) is 0 Å². The number of fused-ring (bicyclic) bond motifs is 1. The smallest absolute Gasteiger partial charge is 0.0920 e. The zero-order chi connectivity index (χ0) is 8.06. The van der Waals surface area contributed by atoms with Crippen molar-refractivity contribution < 1.29 is 4.74 Å². The molecule has 2 rings (SSSR count). The summed E-state index contributed by atoms with van der Waals surface area (Å²) in [6, 6.07) is 0. The molecule has 0 spiro atoms. The highest BCUT2D eigenvalue weighted by Gasteiger charge is 2.55. The molecule has 1 nitrogen and oxygen atoms in total. The molecule has 0 bridgehead atoms. The fraction of sp³-hybridized carbons (Fsp3) is 1.00. The van der Waals surface area contributed by atoms with Crippen LogP contribution < -0.4 is 0 Å². The SMILES string of the molecule is CC(C)[C@@H]1CC[C@@]2(C)OC2C1. The van der Waals surface area contributed by atoms with Crippen molar-refractivity contribution in [2.75, 3.05) is 0 Å². The molecule has 1 saturated carbocycles. The van der Waals surface area contributed by atoms with E-state index in [9.17, 15) is 0 Å². The maximum atomic E-state index is 5.65. The van der Waals surface area contributed by atoms with Gasteiger partial charge in [0.25, 0.3) is 0 Å². The van der Waals surface area contributed by atoms with E-state index in [2.05, 4.69) is 20.8 Å². The van der Waals surface area contributed by atoms with Crippen LogP contribution in [0.15, 0.2) is 0 Å². The largest absolute Gasteiger partial charge is 0.366 e. The van der Waals surface area contributed by atoms with Crippen molar-refractivity contribution in [3.05, 3.63) is 0 Å². The van der Waals surface area contributed by atoms with Gasteiger partial charge in [-0.2, -0.15) is 0 Å². The molecule has 64 valence electrons. The van der Waals surface area contributed by atoms with Crippen molar-refractivity contribution in [3.8, 4) is 0 Å². The fourth-order valence-corrected chi connectivity index (χ4v) is 2.28. The highest BCUT2D eigenvalue weighted by molar-refractivity contribution is 5.03. The monoisotopic (exact) mass is 154 g/mol. The Labute approximate surface area is 69.1 Å². The summed E-state index contributed by atoms with van der Waals surface area (Å²) in [5.74, 6) is 1.78. The minimum atomic E-state index is 0.311. The molecule has 0 aromatic rings. The molecule has 2 aliphatic rings. The Morgan fingerprint density at radius 1 is 1.45 bits per heavy atom. The highest BCUT2D eigenvalue weighted by atomic mass is 16.6. The Balaban J connectivity index is 1.93. The molecular formula is C10H18O. The lowest BCUT2D eigenvalue weighted by Gasteiger charge is -2.25. The molecule has 1 aliphatic carbocycles. The molecule has 0 aromatic heterocycles. The highest BCUT2D eigenvalue weighted by Crippen LogP contribution is 2.50. The van der Waals surface area contributed by atoms with E-state index in [1.807, 2.05) is 0 Å². The third kappa shape index (κ3) is 1.20. The Hall–Kier alpha value is -0.0400. The van der Waals surface area contributed by atoms with E-state index in [0.29, 0.717) is 11.7 Å². The number of rotatable bonds is 1. The quantitative estimate of drug-likeness (QED) is 0.529. The van der Waals surface area contributed by atoms with Crippen LogP contribution in [0.4, 0.5) is 0 Å². The van der Waals surface area contributed by atoms with Gasteiger partial charge in [0, 0.05) is 0 Å². The molecule has 0 N–H and O–H groups in total. The van der Waals surface area contributed by atoms with Crippen LogP contribution in [0, 0.1) is 11.8 Å². The van der Waals surface area contributed by atoms with Gasteiger partial charge >= 0.3 is 0 Å². The number of ether oxygens (including phenoxy) is 1. The first-order valence-electron chi connectivity index (χ1n) is 4.79. The Bertz CT molecular complexity index is 164. The summed E-state index contributed by atoms with van der Waals surface area (Å²) in [7, 11) is 0. The lowest BCUT2D eigenvalue weighted by molar-refractivity contribution is 0.275. The van der Waals surface area contributed by atoms with Crippen LogP contribution in [0.3, 0.4) is 0 Å². The zero-order valence-corrected chi connectivity index (χ0v) is 7.76. The van der Waals surface area contributed by atoms with Gasteiger partial charge < -0.3 is 4.74 Å². The van der Waals surface area contributed by atoms with Crippen LogP contribution >= 0.6 is 0 Å². The van der Waals surface area contributed by atoms with Gasteiger partial charge in [0.05, 0.1) is 11.7 Å². The first-order valence-corrected chi connectivity index (χ1v) is 4.79. The molecule has 1 unspecified atom stereocenters. The van der Waals surface area contributed by atoms with E-state index in [0.717, 1.165) is 11.8 Å². The van der Waals surface area contributed by atoms with E-state index in [1.54, 1.807) is 0 Å². The second kappa shape index (κ2) is 2.22. The van der Waals surface area contributed by atoms with Crippen LogP contribution in [0.5, 0.6) is 0 Å². The van der Waals surface area contributed by atoms with E-state index >= 15 is 0 Å². The number of epoxide rings is 1. The van der Waals surface area contributed by atoms with E-state index < -0.39 is 0 Å². The fourth-order valence-electron chi connectivity index (χ4n) is 2.28. The zero-order valence-electron chi connectivity index (χ0n) is 7.76. The average Bonchev–Trinajstić information content (AvgIpc) is 2.58. The summed E-state index contributed by atoms with van der Waals surface area (Å²) in [4.78, 5) is 0. The summed E-state index contributed by atoms with van der Waals surface area (Å²) in [5.41, 5.74) is 0.311. The summed E-state index contributed by atoms with van der Waals surface area (Å²) < 4.78 is 5.65. The van der Waals surface area contributed by atoms with Gasteiger partial charge in [-0.1, -0.05) is 13.8 Å². The third-order valence-corrected chi connectivity index (χ3v) is 3.51. The first kappa shape index (κ1) is 7.60. The topological polar surface area (TPSA) is 12.5 Å². The average molecular weight is 154 g/mol. The number of hydrogen-bond acceptors (Lipinski definition) is 1. The Morgan fingerprint density at radius 2 is 2.18 bits per heavy atom. The van der Waals surface area contributed by atoms with E-state index in [-0.39, 0.29) is 0 Å². The van der Waals surface area contributed by atoms with E-state index in [1.165, 1.54) is 19.3 Å². The molecule has 1 heteroatoms. The van der Waals surface area contributed by atoms with Crippen molar-refractivity contribution in [3.63, 3.8) is 0 Å². The first-order chi connectivity index (χ1) is 5.12. The van der Waals surface area contributed by atoms with E-state index in [4.69, 9.17) is 4.74 Å².